The second-order valence-electron chi connectivity index (χ2n) is 8.37. The van der Waals surface area contributed by atoms with Crippen LogP contribution in [0.25, 0.3) is 0 Å². The number of anilines is 3. The Morgan fingerprint density at radius 3 is 1.97 bits per heavy atom. The highest BCUT2D eigenvalue weighted by atomic mass is 16.2. The van der Waals surface area contributed by atoms with Gasteiger partial charge in [-0.2, -0.15) is 0 Å². The van der Waals surface area contributed by atoms with Crippen molar-refractivity contribution in [1.29, 1.82) is 0 Å². The molecule has 12 heteroatoms. The molecule has 0 aliphatic rings. The third kappa shape index (κ3) is 5.84. The summed E-state index contributed by atoms with van der Waals surface area (Å²) in [5.41, 5.74) is 7.32. The molecule has 0 unspecified atom stereocenters. The fourth-order valence-electron chi connectivity index (χ4n) is 3.49. The molecular formula is C22H31N9O3. The Balaban J connectivity index is 1.63. The maximum atomic E-state index is 12.8. The van der Waals surface area contributed by atoms with Crippen LogP contribution in [0.5, 0.6) is 0 Å². The highest BCUT2D eigenvalue weighted by Gasteiger charge is 2.18. The summed E-state index contributed by atoms with van der Waals surface area (Å²) < 4.78 is 4.78. The van der Waals surface area contributed by atoms with Crippen LogP contribution >= 0.6 is 0 Å². The van der Waals surface area contributed by atoms with Crippen molar-refractivity contribution in [3.8, 4) is 0 Å². The number of nitrogens with two attached hydrogens (primary N) is 1. The van der Waals surface area contributed by atoms with Gasteiger partial charge >= 0.3 is 0 Å². The van der Waals surface area contributed by atoms with Gasteiger partial charge in [-0.3, -0.25) is 14.4 Å². The number of nitrogens with one attached hydrogen (secondary N) is 3. The summed E-state index contributed by atoms with van der Waals surface area (Å²) in [5, 5.41) is 8.39. The minimum absolute atomic E-state index is 0.157. The number of aryl methyl sites for hydroxylation is 3. The molecule has 0 spiro atoms. The fourth-order valence-corrected chi connectivity index (χ4v) is 3.49. The summed E-state index contributed by atoms with van der Waals surface area (Å²) in [4.78, 5) is 43.8. The van der Waals surface area contributed by atoms with Gasteiger partial charge in [-0.15, -0.1) is 0 Å². The smallest absolute Gasteiger partial charge is 0.291 e. The lowest BCUT2D eigenvalue weighted by Crippen LogP contribution is -2.28. The summed E-state index contributed by atoms with van der Waals surface area (Å²) in [5.74, 6) is -0.635. The van der Waals surface area contributed by atoms with Gasteiger partial charge in [0, 0.05) is 46.3 Å². The first-order chi connectivity index (χ1) is 16.0. The van der Waals surface area contributed by atoms with E-state index in [-0.39, 0.29) is 23.5 Å². The van der Waals surface area contributed by atoms with Crippen LogP contribution in [0.3, 0.4) is 0 Å². The third-order valence-corrected chi connectivity index (χ3v) is 5.16. The van der Waals surface area contributed by atoms with Crippen molar-refractivity contribution in [2.45, 2.75) is 6.42 Å². The number of rotatable bonds is 9. The highest BCUT2D eigenvalue weighted by Crippen LogP contribution is 2.18. The van der Waals surface area contributed by atoms with E-state index in [4.69, 9.17) is 5.73 Å². The van der Waals surface area contributed by atoms with Gasteiger partial charge in [0.1, 0.15) is 17.2 Å². The van der Waals surface area contributed by atoms with Crippen LogP contribution in [0.15, 0.2) is 30.7 Å². The van der Waals surface area contributed by atoms with Gasteiger partial charge in [-0.1, -0.05) is 0 Å². The van der Waals surface area contributed by atoms with Gasteiger partial charge in [0.05, 0.1) is 11.4 Å². The Hall–Kier alpha value is -4.06. The quantitative estimate of drug-likeness (QED) is 0.342. The minimum atomic E-state index is -0.443. The van der Waals surface area contributed by atoms with Gasteiger partial charge in [0.15, 0.2) is 0 Å². The van der Waals surface area contributed by atoms with Crippen molar-refractivity contribution in [2.75, 3.05) is 43.6 Å². The third-order valence-electron chi connectivity index (χ3n) is 5.16. The van der Waals surface area contributed by atoms with Crippen LogP contribution in [0.4, 0.5) is 17.2 Å². The molecule has 0 bridgehead atoms. The molecule has 3 heterocycles. The zero-order valence-corrected chi connectivity index (χ0v) is 20.0. The number of imidazole rings is 1. The number of hydrogen-bond donors (Lipinski definition) is 4. The molecule has 0 radical (unpaired) electrons. The van der Waals surface area contributed by atoms with Crippen molar-refractivity contribution >= 4 is 34.9 Å². The van der Waals surface area contributed by atoms with Crippen molar-refractivity contribution < 1.29 is 14.4 Å². The van der Waals surface area contributed by atoms with E-state index in [9.17, 15) is 14.4 Å². The molecule has 12 nitrogen and oxygen atoms in total. The van der Waals surface area contributed by atoms with E-state index in [1.165, 1.54) is 10.8 Å². The number of hydrogen-bond acceptors (Lipinski definition) is 6. The molecule has 3 aromatic heterocycles. The summed E-state index contributed by atoms with van der Waals surface area (Å²) in [6, 6.07) is 3.18. The lowest BCUT2D eigenvalue weighted by molar-refractivity contribution is 0.0942. The van der Waals surface area contributed by atoms with Gasteiger partial charge in [-0.25, -0.2) is 4.98 Å². The average molecular weight is 470 g/mol. The molecule has 0 fully saturated rings. The van der Waals surface area contributed by atoms with Gasteiger partial charge < -0.3 is 40.3 Å². The number of aromatic nitrogens is 4. The second kappa shape index (κ2) is 10.3. The Kier molecular flexibility index (Phi) is 7.41. The van der Waals surface area contributed by atoms with E-state index in [0.717, 1.165) is 13.0 Å². The van der Waals surface area contributed by atoms with Crippen LogP contribution in [-0.2, 0) is 21.1 Å². The number of nitrogens with zero attached hydrogens (tertiary/aromatic N) is 5. The molecule has 0 aliphatic carbocycles. The normalized spacial score (nSPS) is 11.0. The molecule has 0 atom stereocenters. The second-order valence-corrected chi connectivity index (χ2v) is 8.37. The van der Waals surface area contributed by atoms with Gasteiger partial charge in [-0.05, 0) is 39.2 Å². The molecule has 34 heavy (non-hydrogen) atoms. The topological polar surface area (TPSA) is 144 Å². The van der Waals surface area contributed by atoms with E-state index in [1.54, 1.807) is 54.8 Å². The van der Waals surface area contributed by atoms with Crippen molar-refractivity contribution in [3.05, 3.63) is 47.9 Å². The Bertz CT molecular complexity index is 1200. The van der Waals surface area contributed by atoms with Crippen molar-refractivity contribution in [3.63, 3.8) is 0 Å². The number of carbonyl (C=O) groups is 3. The lowest BCUT2D eigenvalue weighted by Gasteiger charge is -2.10. The van der Waals surface area contributed by atoms with Gasteiger partial charge in [0.2, 0.25) is 5.82 Å². The lowest BCUT2D eigenvalue weighted by atomic mass is 10.3. The molecule has 182 valence electrons. The van der Waals surface area contributed by atoms with E-state index in [2.05, 4.69) is 25.8 Å². The first kappa shape index (κ1) is 24.6. The molecule has 3 rings (SSSR count). The average Bonchev–Trinajstić information content (AvgIpc) is 3.41. The Labute approximate surface area is 197 Å². The first-order valence-electron chi connectivity index (χ1n) is 10.7. The predicted molar refractivity (Wildman–Crippen MR) is 130 cm³/mol. The van der Waals surface area contributed by atoms with Crippen LogP contribution in [0.2, 0.25) is 0 Å². The molecule has 5 N–H and O–H groups in total. The summed E-state index contributed by atoms with van der Waals surface area (Å²) in [6.45, 7) is 1.44. The zero-order valence-electron chi connectivity index (χ0n) is 20.0. The van der Waals surface area contributed by atoms with E-state index in [0.29, 0.717) is 29.3 Å². The molecule has 0 saturated carbocycles. The standard InChI is InChI=1S/C22H31N9O3/c1-28(2)8-6-7-24-20(32)16-9-14(11-29(16)3)25-21(33)17-10-15(12-30(17)4)26-22(34)19-27-18(23)13-31(19)5/h9-13H,6-8,23H2,1-5H3,(H,24,32)(H,25,33)(H,26,34). The summed E-state index contributed by atoms with van der Waals surface area (Å²) in [6.07, 6.45) is 5.67. The number of nitrogen functional groups attached to an aromatic ring is 1. The molecule has 3 amide bonds. The fraction of sp³-hybridized carbons (Fsp3) is 0.364. The Morgan fingerprint density at radius 2 is 1.44 bits per heavy atom. The SMILES string of the molecule is CN(C)CCCNC(=O)c1cc(NC(=O)c2cc(NC(=O)c3nc(N)cn3C)cn2C)cn1C. The molecular weight excluding hydrogens is 438 g/mol. The maximum Gasteiger partial charge on any atom is 0.291 e. The molecule has 0 aromatic carbocycles. The minimum Gasteiger partial charge on any atom is -0.382 e. The highest BCUT2D eigenvalue weighted by molar-refractivity contribution is 6.06. The summed E-state index contributed by atoms with van der Waals surface area (Å²) in [7, 11) is 9.06. The molecule has 0 aliphatic heterocycles. The van der Waals surface area contributed by atoms with E-state index >= 15 is 0 Å². The summed E-state index contributed by atoms with van der Waals surface area (Å²) >= 11 is 0. The van der Waals surface area contributed by atoms with Gasteiger partial charge in [0.25, 0.3) is 17.7 Å². The largest absolute Gasteiger partial charge is 0.382 e. The molecule has 3 aromatic rings. The predicted octanol–water partition coefficient (Wildman–Crippen LogP) is 0.865. The number of carbonyl (C=O) groups excluding carboxylic acids is 3. The van der Waals surface area contributed by atoms with Crippen LogP contribution in [0.1, 0.15) is 38.0 Å². The maximum absolute atomic E-state index is 12.8. The van der Waals surface area contributed by atoms with Crippen LogP contribution in [0, 0.1) is 0 Å². The molecule has 0 saturated heterocycles. The number of amides is 3. The zero-order chi connectivity index (χ0) is 25.0. The van der Waals surface area contributed by atoms with Crippen molar-refractivity contribution in [2.24, 2.45) is 21.1 Å². The van der Waals surface area contributed by atoms with Crippen LogP contribution < -0.4 is 21.7 Å². The van der Waals surface area contributed by atoms with Crippen molar-refractivity contribution in [1.82, 2.24) is 28.9 Å². The van der Waals surface area contributed by atoms with E-state index in [1.807, 2.05) is 14.1 Å². The van der Waals surface area contributed by atoms with Crippen LogP contribution in [-0.4, -0.2) is 68.5 Å². The first-order valence-corrected chi connectivity index (χ1v) is 10.7. The Morgan fingerprint density at radius 1 is 0.882 bits per heavy atom. The van der Waals surface area contributed by atoms with E-state index < -0.39 is 5.91 Å². The monoisotopic (exact) mass is 469 g/mol.